The quantitative estimate of drug-likeness (QED) is 0.778. The Morgan fingerprint density at radius 3 is 2.79 bits per heavy atom. The third kappa shape index (κ3) is 3.91. The van der Waals surface area contributed by atoms with E-state index in [1.165, 1.54) is 12.1 Å². The first kappa shape index (κ1) is 16.9. The number of hydrogen-bond acceptors (Lipinski definition) is 4. The van der Waals surface area contributed by atoms with E-state index in [9.17, 15) is 13.6 Å². The number of ether oxygens (including phenoxy) is 2. The van der Waals surface area contributed by atoms with Crippen LogP contribution in [0.2, 0.25) is 0 Å². The molecule has 2 aliphatic rings. The molecule has 1 aromatic carbocycles. The molecule has 130 valence electrons. The summed E-state index contributed by atoms with van der Waals surface area (Å²) in [6, 6.07) is 2.94. The molecule has 5 nitrogen and oxygen atoms in total. The van der Waals surface area contributed by atoms with Crippen LogP contribution in [0.3, 0.4) is 0 Å². The molecule has 1 amide bonds. The standard InChI is InChI=1S/C17H20F2N2O3/c1-2-3-23-13-8-14(20-9-13)16-15(21-17(22)24-16)6-10-4-11(18)7-12(19)5-10/h2,4-5,7,13-16,20H,1,3,6,8-9H2,(H,21,22)/t13-,14-,15+,16-/m1/s1. The van der Waals surface area contributed by atoms with Gasteiger partial charge in [0.2, 0.25) is 0 Å². The molecule has 0 unspecified atom stereocenters. The molecular weight excluding hydrogens is 318 g/mol. The van der Waals surface area contributed by atoms with Crippen molar-refractivity contribution in [1.29, 1.82) is 0 Å². The van der Waals surface area contributed by atoms with E-state index in [0.29, 0.717) is 31.6 Å². The van der Waals surface area contributed by atoms with E-state index < -0.39 is 23.8 Å². The first-order valence-corrected chi connectivity index (χ1v) is 7.93. The summed E-state index contributed by atoms with van der Waals surface area (Å²) in [6.45, 7) is 4.74. The third-order valence-corrected chi connectivity index (χ3v) is 4.29. The molecular formula is C17H20F2N2O3. The van der Waals surface area contributed by atoms with Gasteiger partial charge in [0, 0.05) is 18.7 Å². The Labute approximate surface area is 139 Å². The number of carbonyl (C=O) groups excluding carboxylic acids is 1. The van der Waals surface area contributed by atoms with Gasteiger partial charge in [0.05, 0.1) is 18.8 Å². The Morgan fingerprint density at radius 2 is 2.08 bits per heavy atom. The fourth-order valence-electron chi connectivity index (χ4n) is 3.30. The van der Waals surface area contributed by atoms with Crippen LogP contribution >= 0.6 is 0 Å². The Morgan fingerprint density at radius 1 is 1.33 bits per heavy atom. The summed E-state index contributed by atoms with van der Waals surface area (Å²) < 4.78 is 37.7. The number of amides is 1. The van der Waals surface area contributed by atoms with Gasteiger partial charge in [-0.2, -0.15) is 0 Å². The molecule has 0 bridgehead atoms. The van der Waals surface area contributed by atoms with Crippen LogP contribution in [-0.2, 0) is 15.9 Å². The SMILES string of the molecule is C=CCO[C@H]1CN[C@@H]([C@H]2OC(=O)N[C@H]2Cc2cc(F)cc(F)c2)C1. The molecule has 1 aromatic rings. The Balaban J connectivity index is 1.66. The van der Waals surface area contributed by atoms with Gasteiger partial charge in [-0.25, -0.2) is 13.6 Å². The molecule has 7 heteroatoms. The van der Waals surface area contributed by atoms with Crippen molar-refractivity contribution in [2.45, 2.75) is 37.1 Å². The van der Waals surface area contributed by atoms with Crippen molar-refractivity contribution < 1.29 is 23.0 Å². The van der Waals surface area contributed by atoms with Gasteiger partial charge in [0.1, 0.15) is 17.7 Å². The summed E-state index contributed by atoms with van der Waals surface area (Å²) in [5, 5.41) is 6.02. The fourth-order valence-corrected chi connectivity index (χ4v) is 3.30. The minimum atomic E-state index is -0.635. The first-order valence-electron chi connectivity index (χ1n) is 7.93. The largest absolute Gasteiger partial charge is 0.442 e. The molecule has 24 heavy (non-hydrogen) atoms. The number of hydrogen-bond donors (Lipinski definition) is 2. The van der Waals surface area contributed by atoms with Crippen molar-refractivity contribution in [3.8, 4) is 0 Å². The number of nitrogens with one attached hydrogen (secondary N) is 2. The highest BCUT2D eigenvalue weighted by atomic mass is 19.1. The van der Waals surface area contributed by atoms with Crippen LogP contribution < -0.4 is 10.6 Å². The fraction of sp³-hybridized carbons (Fsp3) is 0.471. The van der Waals surface area contributed by atoms with E-state index in [-0.39, 0.29) is 18.2 Å². The predicted molar refractivity (Wildman–Crippen MR) is 83.6 cm³/mol. The summed E-state index contributed by atoms with van der Waals surface area (Å²) in [4.78, 5) is 11.6. The van der Waals surface area contributed by atoms with E-state index in [4.69, 9.17) is 9.47 Å². The van der Waals surface area contributed by atoms with Crippen molar-refractivity contribution in [3.63, 3.8) is 0 Å². The van der Waals surface area contributed by atoms with Crippen LogP contribution in [0, 0.1) is 11.6 Å². The number of cyclic esters (lactones) is 1. The number of benzene rings is 1. The van der Waals surface area contributed by atoms with Crippen molar-refractivity contribution >= 4 is 6.09 Å². The van der Waals surface area contributed by atoms with E-state index in [1.54, 1.807) is 6.08 Å². The normalized spacial score (nSPS) is 29.3. The number of alkyl carbamates (subject to hydrolysis) is 1. The highest BCUT2D eigenvalue weighted by Crippen LogP contribution is 2.24. The lowest BCUT2D eigenvalue weighted by Gasteiger charge is -2.23. The predicted octanol–water partition coefficient (Wildman–Crippen LogP) is 1.92. The lowest BCUT2D eigenvalue weighted by atomic mass is 9.96. The molecule has 2 saturated heterocycles. The zero-order valence-electron chi connectivity index (χ0n) is 13.1. The molecule has 3 rings (SSSR count). The van der Waals surface area contributed by atoms with Gasteiger partial charge >= 0.3 is 6.09 Å². The van der Waals surface area contributed by atoms with Crippen LogP contribution in [0.1, 0.15) is 12.0 Å². The lowest BCUT2D eigenvalue weighted by Crippen LogP contribution is -2.44. The zero-order chi connectivity index (χ0) is 17.1. The summed E-state index contributed by atoms with van der Waals surface area (Å²) in [7, 11) is 0. The first-order chi connectivity index (χ1) is 11.5. The summed E-state index contributed by atoms with van der Waals surface area (Å²) in [6.07, 6.45) is 1.77. The maximum atomic E-state index is 13.4. The average Bonchev–Trinajstić information content (AvgIpc) is 3.10. The third-order valence-electron chi connectivity index (χ3n) is 4.29. The van der Waals surface area contributed by atoms with Gasteiger partial charge in [-0.3, -0.25) is 0 Å². The Bertz CT molecular complexity index is 606. The summed E-state index contributed by atoms with van der Waals surface area (Å²) >= 11 is 0. The monoisotopic (exact) mass is 338 g/mol. The van der Waals surface area contributed by atoms with E-state index in [1.807, 2.05) is 0 Å². The second-order valence-electron chi connectivity index (χ2n) is 6.10. The van der Waals surface area contributed by atoms with Crippen molar-refractivity contribution in [2.75, 3.05) is 13.2 Å². The maximum Gasteiger partial charge on any atom is 0.407 e. The Hall–Kier alpha value is -1.99. The van der Waals surface area contributed by atoms with Crippen LogP contribution in [0.4, 0.5) is 13.6 Å². The van der Waals surface area contributed by atoms with Gasteiger partial charge in [0.25, 0.3) is 0 Å². The number of carbonyl (C=O) groups is 1. The van der Waals surface area contributed by atoms with Crippen LogP contribution in [-0.4, -0.2) is 43.5 Å². The second-order valence-corrected chi connectivity index (χ2v) is 6.10. The molecule has 2 N–H and O–H groups in total. The van der Waals surface area contributed by atoms with Crippen LogP contribution in [0.25, 0.3) is 0 Å². The molecule has 0 saturated carbocycles. The zero-order valence-corrected chi connectivity index (χ0v) is 13.1. The molecule has 4 atom stereocenters. The highest BCUT2D eigenvalue weighted by Gasteiger charge is 2.42. The maximum absolute atomic E-state index is 13.4. The van der Waals surface area contributed by atoms with Gasteiger partial charge in [0.15, 0.2) is 0 Å². The minimum absolute atomic E-state index is 0.0274. The Kier molecular flexibility index (Phi) is 5.11. The van der Waals surface area contributed by atoms with Crippen molar-refractivity contribution in [3.05, 3.63) is 48.1 Å². The van der Waals surface area contributed by atoms with Gasteiger partial charge in [-0.15, -0.1) is 6.58 Å². The molecule has 0 spiro atoms. The molecule has 2 fully saturated rings. The van der Waals surface area contributed by atoms with E-state index in [0.717, 1.165) is 6.07 Å². The topological polar surface area (TPSA) is 59.6 Å². The van der Waals surface area contributed by atoms with Gasteiger partial charge in [-0.1, -0.05) is 6.08 Å². The van der Waals surface area contributed by atoms with Gasteiger partial charge in [-0.05, 0) is 30.5 Å². The van der Waals surface area contributed by atoms with E-state index >= 15 is 0 Å². The van der Waals surface area contributed by atoms with Crippen molar-refractivity contribution in [2.24, 2.45) is 0 Å². The second kappa shape index (κ2) is 7.27. The molecule has 2 aliphatic heterocycles. The van der Waals surface area contributed by atoms with Crippen LogP contribution in [0.5, 0.6) is 0 Å². The van der Waals surface area contributed by atoms with E-state index in [2.05, 4.69) is 17.2 Å². The van der Waals surface area contributed by atoms with Crippen LogP contribution in [0.15, 0.2) is 30.9 Å². The highest BCUT2D eigenvalue weighted by molar-refractivity contribution is 5.70. The lowest BCUT2D eigenvalue weighted by molar-refractivity contribution is 0.0749. The molecule has 0 aliphatic carbocycles. The summed E-state index contributed by atoms with van der Waals surface area (Å²) in [5.41, 5.74) is 0.478. The number of rotatable bonds is 6. The average molecular weight is 338 g/mol. The number of halogens is 2. The molecule has 0 aromatic heterocycles. The molecule has 2 heterocycles. The minimum Gasteiger partial charge on any atom is -0.442 e. The molecule has 0 radical (unpaired) electrons. The van der Waals surface area contributed by atoms with Crippen molar-refractivity contribution in [1.82, 2.24) is 10.6 Å². The smallest absolute Gasteiger partial charge is 0.407 e. The van der Waals surface area contributed by atoms with Gasteiger partial charge < -0.3 is 20.1 Å². The summed E-state index contributed by atoms with van der Waals surface area (Å²) in [5.74, 6) is -1.27.